The van der Waals surface area contributed by atoms with Crippen molar-refractivity contribution in [3.8, 4) is 0 Å². The lowest BCUT2D eigenvalue weighted by Crippen LogP contribution is -2.06. The molecule has 1 aliphatic heterocycles. The molecule has 3 nitrogen and oxygen atoms in total. The van der Waals surface area contributed by atoms with Crippen LogP contribution >= 0.6 is 23.1 Å². The maximum absolute atomic E-state index is 5.07. The fourth-order valence-corrected chi connectivity index (χ4v) is 3.14. The molecule has 0 N–H and O–H groups in total. The van der Waals surface area contributed by atoms with Crippen molar-refractivity contribution in [1.82, 2.24) is 4.98 Å². The largest absolute Gasteiger partial charge is 0.394 e. The molecule has 1 aromatic heterocycles. The molecule has 0 aliphatic carbocycles. The minimum Gasteiger partial charge on any atom is -0.394 e. The van der Waals surface area contributed by atoms with Gasteiger partial charge in [0.15, 0.2) is 10.1 Å². The molecule has 76 valence electrons. The van der Waals surface area contributed by atoms with E-state index in [0.29, 0.717) is 6.61 Å². The first-order valence-corrected chi connectivity index (χ1v) is 6.42. The molecular weight excluding hydrogens is 228 g/mol. The highest BCUT2D eigenvalue weighted by Gasteiger charge is 2.14. The van der Waals surface area contributed by atoms with Crippen LogP contribution in [0.2, 0.25) is 0 Å². The van der Waals surface area contributed by atoms with Crippen LogP contribution in [-0.4, -0.2) is 22.4 Å². The Hall–Kier alpha value is -1.07. The topological polar surface area (TPSA) is 34.5 Å². The van der Waals surface area contributed by atoms with Crippen molar-refractivity contribution in [2.75, 3.05) is 12.4 Å². The van der Waals surface area contributed by atoms with Crippen molar-refractivity contribution in [3.63, 3.8) is 0 Å². The highest BCUT2D eigenvalue weighted by molar-refractivity contribution is 8.14. The number of fused-ring (bicyclic) bond motifs is 1. The highest BCUT2D eigenvalue weighted by Crippen LogP contribution is 2.26. The first kappa shape index (κ1) is 9.18. The van der Waals surface area contributed by atoms with Gasteiger partial charge in [0.2, 0.25) is 0 Å². The molecule has 0 spiro atoms. The second-order valence-electron chi connectivity index (χ2n) is 3.06. The molecule has 15 heavy (non-hydrogen) atoms. The second-order valence-corrected chi connectivity index (χ2v) is 5.18. The van der Waals surface area contributed by atoms with E-state index in [1.807, 2.05) is 18.2 Å². The summed E-state index contributed by atoms with van der Waals surface area (Å²) >= 11 is 3.37. The number of thiazole rings is 1. The van der Waals surface area contributed by atoms with Gasteiger partial charge < -0.3 is 4.84 Å². The van der Waals surface area contributed by atoms with E-state index in [9.17, 15) is 0 Å². The van der Waals surface area contributed by atoms with Gasteiger partial charge in [-0.2, -0.15) is 0 Å². The molecule has 0 saturated heterocycles. The summed E-state index contributed by atoms with van der Waals surface area (Å²) in [7, 11) is 0. The minimum absolute atomic E-state index is 0.694. The fourth-order valence-electron chi connectivity index (χ4n) is 1.37. The summed E-state index contributed by atoms with van der Waals surface area (Å²) in [5.41, 5.74) is 1.03. The number of aromatic nitrogens is 1. The van der Waals surface area contributed by atoms with Crippen LogP contribution in [0.15, 0.2) is 29.4 Å². The van der Waals surface area contributed by atoms with E-state index in [1.54, 1.807) is 23.1 Å². The average Bonchev–Trinajstić information content (AvgIpc) is 2.74. The molecule has 5 heteroatoms. The standard InChI is InChI=1S/C10H8N2OS2/c1-2-4-8-7(3-1)11-9(15-8)10-12-13-5-6-14-10/h1-4H,5-6H2. The van der Waals surface area contributed by atoms with Crippen molar-refractivity contribution >= 4 is 38.4 Å². The number of para-hydroxylation sites is 1. The SMILES string of the molecule is c1ccc2sc(C3=NOCCS3)nc2c1. The normalized spacial score (nSPS) is 16.1. The van der Waals surface area contributed by atoms with Crippen molar-refractivity contribution in [1.29, 1.82) is 0 Å². The summed E-state index contributed by atoms with van der Waals surface area (Å²) in [6, 6.07) is 8.12. The molecule has 2 aromatic rings. The van der Waals surface area contributed by atoms with Crippen LogP contribution in [0, 0.1) is 0 Å². The van der Waals surface area contributed by atoms with Gasteiger partial charge in [-0.05, 0) is 12.1 Å². The van der Waals surface area contributed by atoms with E-state index in [-0.39, 0.29) is 0 Å². The summed E-state index contributed by atoms with van der Waals surface area (Å²) in [6.07, 6.45) is 0. The molecule has 1 aromatic carbocycles. The Bertz CT molecular complexity index is 488. The van der Waals surface area contributed by atoms with E-state index >= 15 is 0 Å². The zero-order chi connectivity index (χ0) is 10.1. The van der Waals surface area contributed by atoms with E-state index < -0.39 is 0 Å². The van der Waals surface area contributed by atoms with Crippen molar-refractivity contribution in [2.24, 2.45) is 5.16 Å². The maximum atomic E-state index is 5.07. The van der Waals surface area contributed by atoms with E-state index in [4.69, 9.17) is 4.84 Å². The molecule has 0 amide bonds. The van der Waals surface area contributed by atoms with Gasteiger partial charge in [-0.3, -0.25) is 0 Å². The summed E-state index contributed by atoms with van der Waals surface area (Å²) in [4.78, 5) is 9.59. The Morgan fingerprint density at radius 2 is 2.20 bits per heavy atom. The van der Waals surface area contributed by atoms with Gasteiger partial charge in [0.25, 0.3) is 0 Å². The highest BCUT2D eigenvalue weighted by atomic mass is 32.2. The Kier molecular flexibility index (Phi) is 2.34. The lowest BCUT2D eigenvalue weighted by Gasteiger charge is -2.07. The number of rotatable bonds is 1. The van der Waals surface area contributed by atoms with Crippen molar-refractivity contribution in [3.05, 3.63) is 29.3 Å². The number of hydrogen-bond donors (Lipinski definition) is 0. The van der Waals surface area contributed by atoms with E-state index in [0.717, 1.165) is 21.3 Å². The Labute approximate surface area is 95.1 Å². The van der Waals surface area contributed by atoms with Crippen LogP contribution < -0.4 is 0 Å². The predicted molar refractivity (Wildman–Crippen MR) is 64.6 cm³/mol. The third-order valence-corrected chi connectivity index (χ3v) is 4.12. The fraction of sp³-hybridized carbons (Fsp3) is 0.200. The van der Waals surface area contributed by atoms with Gasteiger partial charge in [0.05, 0.1) is 10.2 Å². The quantitative estimate of drug-likeness (QED) is 0.763. The molecule has 0 unspecified atom stereocenters. The van der Waals surface area contributed by atoms with Crippen LogP contribution in [0.5, 0.6) is 0 Å². The lowest BCUT2D eigenvalue weighted by molar-refractivity contribution is 0.160. The van der Waals surface area contributed by atoms with Crippen molar-refractivity contribution < 1.29 is 4.84 Å². The van der Waals surface area contributed by atoms with Gasteiger partial charge in [-0.15, -0.1) is 11.3 Å². The third kappa shape index (κ3) is 1.72. The molecule has 0 radical (unpaired) electrons. The number of thioether (sulfide) groups is 1. The van der Waals surface area contributed by atoms with Crippen molar-refractivity contribution in [2.45, 2.75) is 0 Å². The Balaban J connectivity index is 2.07. The second kappa shape index (κ2) is 3.83. The van der Waals surface area contributed by atoms with Gasteiger partial charge >= 0.3 is 0 Å². The predicted octanol–water partition coefficient (Wildman–Crippen LogP) is 2.72. The summed E-state index contributed by atoms with van der Waals surface area (Å²) < 4.78 is 1.20. The Morgan fingerprint density at radius 3 is 3.00 bits per heavy atom. The molecule has 2 heterocycles. The molecule has 0 atom stereocenters. The lowest BCUT2D eigenvalue weighted by atomic mass is 10.3. The Morgan fingerprint density at radius 1 is 1.27 bits per heavy atom. The molecular formula is C10H8N2OS2. The zero-order valence-corrected chi connectivity index (χ0v) is 9.48. The summed E-state index contributed by atoms with van der Waals surface area (Å²) in [5, 5.41) is 5.89. The first-order valence-electron chi connectivity index (χ1n) is 4.62. The van der Waals surface area contributed by atoms with E-state index in [2.05, 4.69) is 16.2 Å². The van der Waals surface area contributed by atoms with Gasteiger partial charge in [0, 0.05) is 5.75 Å². The molecule has 0 fully saturated rings. The minimum atomic E-state index is 0.694. The van der Waals surface area contributed by atoms with E-state index in [1.165, 1.54) is 4.70 Å². The number of benzene rings is 1. The number of oxime groups is 1. The molecule has 1 aliphatic rings. The van der Waals surface area contributed by atoms with Gasteiger partial charge in [-0.25, -0.2) is 4.98 Å². The smallest absolute Gasteiger partial charge is 0.172 e. The van der Waals surface area contributed by atoms with Gasteiger partial charge in [-0.1, -0.05) is 29.1 Å². The number of hydrogen-bond acceptors (Lipinski definition) is 5. The van der Waals surface area contributed by atoms with Crippen LogP contribution in [-0.2, 0) is 4.84 Å². The molecule has 0 saturated carbocycles. The summed E-state index contributed by atoms with van der Waals surface area (Å²) in [5.74, 6) is 0.953. The van der Waals surface area contributed by atoms with Crippen LogP contribution in [0.4, 0.5) is 0 Å². The van der Waals surface area contributed by atoms with Crippen LogP contribution in [0.25, 0.3) is 10.2 Å². The van der Waals surface area contributed by atoms with Gasteiger partial charge in [0.1, 0.15) is 6.61 Å². The number of nitrogens with zero attached hydrogens (tertiary/aromatic N) is 2. The molecule has 0 bridgehead atoms. The van der Waals surface area contributed by atoms with Crippen LogP contribution in [0.3, 0.4) is 0 Å². The average molecular weight is 236 g/mol. The maximum Gasteiger partial charge on any atom is 0.172 e. The zero-order valence-electron chi connectivity index (χ0n) is 7.84. The third-order valence-electron chi connectivity index (χ3n) is 2.04. The summed E-state index contributed by atoms with van der Waals surface area (Å²) in [6.45, 7) is 0.694. The first-order chi connectivity index (χ1) is 7.43. The van der Waals surface area contributed by atoms with Crippen LogP contribution in [0.1, 0.15) is 5.01 Å². The molecule has 3 rings (SSSR count). The monoisotopic (exact) mass is 236 g/mol.